The van der Waals surface area contributed by atoms with Gasteiger partial charge < -0.3 is 4.74 Å². The van der Waals surface area contributed by atoms with E-state index >= 15 is 0 Å². The zero-order valence-electron chi connectivity index (χ0n) is 11.6. The van der Waals surface area contributed by atoms with Gasteiger partial charge in [-0.3, -0.25) is 0 Å². The Hall–Kier alpha value is -2.06. The van der Waals surface area contributed by atoms with Crippen molar-refractivity contribution < 1.29 is 9.13 Å². The highest BCUT2D eigenvalue weighted by molar-refractivity contribution is 6.36. The lowest BCUT2D eigenvalue weighted by Crippen LogP contribution is -1.95. The van der Waals surface area contributed by atoms with Crippen LogP contribution in [0.2, 0.25) is 5.02 Å². The summed E-state index contributed by atoms with van der Waals surface area (Å²) in [4.78, 5) is 0. The number of ether oxygens (including phenoxy) is 1. The first kappa shape index (κ1) is 13.9. The highest BCUT2D eigenvalue weighted by Gasteiger charge is 2.10. The molecule has 3 aromatic carbocycles. The molecule has 0 unspecified atom stereocenters. The lowest BCUT2D eigenvalue weighted by molar-refractivity contribution is 0.411. The molecule has 0 bridgehead atoms. The summed E-state index contributed by atoms with van der Waals surface area (Å²) in [5.74, 6) is 0.236. The van der Waals surface area contributed by atoms with Crippen molar-refractivity contribution in [1.82, 2.24) is 0 Å². The van der Waals surface area contributed by atoms with Crippen LogP contribution in [-0.4, -0.2) is 7.11 Å². The van der Waals surface area contributed by atoms with Gasteiger partial charge in [-0.15, -0.1) is 0 Å². The molecule has 0 heterocycles. The quantitative estimate of drug-likeness (QED) is 0.643. The monoisotopic (exact) mass is 300 g/mol. The third-order valence-electron chi connectivity index (χ3n) is 3.58. The summed E-state index contributed by atoms with van der Waals surface area (Å²) in [7, 11) is 1.52. The van der Waals surface area contributed by atoms with Crippen LogP contribution in [0.1, 0.15) is 11.1 Å². The number of halogens is 2. The predicted molar refractivity (Wildman–Crippen MR) is 84.7 cm³/mol. The van der Waals surface area contributed by atoms with Gasteiger partial charge in [-0.2, -0.15) is 0 Å². The molecule has 0 aliphatic rings. The van der Waals surface area contributed by atoms with E-state index in [9.17, 15) is 4.39 Å². The Labute approximate surface area is 127 Å². The molecule has 3 heteroatoms. The predicted octanol–water partition coefficient (Wildman–Crippen LogP) is 5.23. The van der Waals surface area contributed by atoms with Crippen LogP contribution in [0.25, 0.3) is 10.8 Å². The second-order valence-electron chi connectivity index (χ2n) is 4.89. The molecule has 0 saturated heterocycles. The molecule has 0 aliphatic carbocycles. The maximum atomic E-state index is 14.0. The van der Waals surface area contributed by atoms with Gasteiger partial charge in [-0.05, 0) is 22.6 Å². The van der Waals surface area contributed by atoms with E-state index < -0.39 is 0 Å². The zero-order valence-corrected chi connectivity index (χ0v) is 12.3. The number of benzene rings is 3. The smallest absolute Gasteiger partial charge is 0.130 e. The van der Waals surface area contributed by atoms with Crippen LogP contribution >= 0.6 is 11.6 Å². The van der Waals surface area contributed by atoms with Crippen LogP contribution in [0.3, 0.4) is 0 Å². The van der Waals surface area contributed by atoms with E-state index in [1.165, 1.54) is 13.2 Å². The molecule has 0 N–H and O–H groups in total. The van der Waals surface area contributed by atoms with Crippen molar-refractivity contribution in [3.63, 3.8) is 0 Å². The molecular formula is C18H14ClFO. The average Bonchev–Trinajstić information content (AvgIpc) is 2.52. The Morgan fingerprint density at radius 2 is 1.76 bits per heavy atom. The number of hydrogen-bond donors (Lipinski definition) is 0. The van der Waals surface area contributed by atoms with Gasteiger partial charge in [0, 0.05) is 17.9 Å². The summed E-state index contributed by atoms with van der Waals surface area (Å²) in [5, 5.41) is 2.76. The Bertz CT molecular complexity index is 798. The standard InChI is InChI=1S/C18H14ClFO/c1-21-15-9-8-13(17(20)11-15)10-14-7-6-12-4-2-3-5-16(12)18(14)19/h2-9,11H,10H2,1H3. The first-order valence-corrected chi connectivity index (χ1v) is 7.05. The molecule has 3 rings (SSSR count). The van der Waals surface area contributed by atoms with E-state index in [2.05, 4.69) is 0 Å². The Balaban J connectivity index is 2.00. The van der Waals surface area contributed by atoms with E-state index in [-0.39, 0.29) is 5.82 Å². The van der Waals surface area contributed by atoms with Gasteiger partial charge in [0.15, 0.2) is 0 Å². The number of methoxy groups -OCH3 is 1. The van der Waals surface area contributed by atoms with E-state index in [0.29, 0.717) is 22.8 Å². The topological polar surface area (TPSA) is 9.23 Å². The lowest BCUT2D eigenvalue weighted by atomic mass is 10.0. The summed E-state index contributed by atoms with van der Waals surface area (Å²) < 4.78 is 19.1. The van der Waals surface area contributed by atoms with Crippen LogP contribution < -0.4 is 4.74 Å². The molecule has 0 aromatic heterocycles. The van der Waals surface area contributed by atoms with E-state index in [4.69, 9.17) is 16.3 Å². The first-order chi connectivity index (χ1) is 10.2. The second-order valence-corrected chi connectivity index (χ2v) is 5.27. The lowest BCUT2D eigenvalue weighted by Gasteiger charge is -2.09. The fourth-order valence-corrected chi connectivity index (χ4v) is 2.72. The minimum atomic E-state index is -0.279. The molecule has 1 nitrogen and oxygen atoms in total. The molecular weight excluding hydrogens is 287 g/mol. The van der Waals surface area contributed by atoms with Crippen LogP contribution in [0.15, 0.2) is 54.6 Å². The summed E-state index contributed by atoms with van der Waals surface area (Å²) in [5.41, 5.74) is 1.52. The molecule has 0 spiro atoms. The van der Waals surface area contributed by atoms with Gasteiger partial charge >= 0.3 is 0 Å². The first-order valence-electron chi connectivity index (χ1n) is 6.67. The normalized spacial score (nSPS) is 10.8. The van der Waals surface area contributed by atoms with E-state index in [1.54, 1.807) is 12.1 Å². The molecule has 0 amide bonds. The fraction of sp³-hybridized carbons (Fsp3) is 0.111. The third kappa shape index (κ3) is 2.72. The fourth-order valence-electron chi connectivity index (χ4n) is 2.42. The van der Waals surface area contributed by atoms with Crippen LogP contribution in [0, 0.1) is 5.82 Å². The summed E-state index contributed by atoms with van der Waals surface area (Å²) >= 11 is 6.46. The third-order valence-corrected chi connectivity index (χ3v) is 4.03. The van der Waals surface area contributed by atoms with E-state index in [1.807, 2.05) is 36.4 Å². The van der Waals surface area contributed by atoms with Crippen molar-refractivity contribution >= 4 is 22.4 Å². The molecule has 3 aromatic rings. The van der Waals surface area contributed by atoms with Gasteiger partial charge in [0.2, 0.25) is 0 Å². The van der Waals surface area contributed by atoms with Gasteiger partial charge in [0.05, 0.1) is 12.1 Å². The van der Waals surface area contributed by atoms with Crippen molar-refractivity contribution in [3.8, 4) is 5.75 Å². The summed E-state index contributed by atoms with van der Waals surface area (Å²) in [6, 6.07) is 16.8. The van der Waals surface area contributed by atoms with Crippen LogP contribution in [0.5, 0.6) is 5.75 Å². The van der Waals surface area contributed by atoms with Crippen LogP contribution in [-0.2, 0) is 6.42 Å². The minimum absolute atomic E-state index is 0.279. The number of fused-ring (bicyclic) bond motifs is 1. The molecule has 0 aliphatic heterocycles. The maximum absolute atomic E-state index is 14.0. The highest BCUT2D eigenvalue weighted by Crippen LogP contribution is 2.29. The molecule has 0 radical (unpaired) electrons. The molecule has 0 fully saturated rings. The number of rotatable bonds is 3. The van der Waals surface area contributed by atoms with Gasteiger partial charge in [-0.25, -0.2) is 4.39 Å². The Kier molecular flexibility index (Phi) is 3.80. The Morgan fingerprint density at radius 3 is 2.52 bits per heavy atom. The SMILES string of the molecule is COc1ccc(Cc2ccc3ccccc3c2Cl)c(F)c1. The van der Waals surface area contributed by atoms with Gasteiger partial charge in [-0.1, -0.05) is 54.1 Å². The van der Waals surface area contributed by atoms with Crippen LogP contribution in [0.4, 0.5) is 4.39 Å². The van der Waals surface area contributed by atoms with Gasteiger partial charge in [0.1, 0.15) is 11.6 Å². The zero-order chi connectivity index (χ0) is 14.8. The summed E-state index contributed by atoms with van der Waals surface area (Å²) in [6.07, 6.45) is 0.458. The molecule has 106 valence electrons. The van der Waals surface area contributed by atoms with Crippen molar-refractivity contribution in [2.45, 2.75) is 6.42 Å². The van der Waals surface area contributed by atoms with Crippen molar-refractivity contribution in [2.75, 3.05) is 7.11 Å². The molecule has 21 heavy (non-hydrogen) atoms. The summed E-state index contributed by atoms with van der Waals surface area (Å²) in [6.45, 7) is 0. The molecule has 0 atom stereocenters. The van der Waals surface area contributed by atoms with Crippen molar-refractivity contribution in [2.24, 2.45) is 0 Å². The molecule has 0 saturated carbocycles. The van der Waals surface area contributed by atoms with Crippen molar-refractivity contribution in [1.29, 1.82) is 0 Å². The largest absolute Gasteiger partial charge is 0.497 e. The van der Waals surface area contributed by atoms with Crippen molar-refractivity contribution in [3.05, 3.63) is 76.6 Å². The second kappa shape index (κ2) is 5.74. The highest BCUT2D eigenvalue weighted by atomic mass is 35.5. The van der Waals surface area contributed by atoms with E-state index in [0.717, 1.165) is 16.3 Å². The number of hydrogen-bond acceptors (Lipinski definition) is 1. The minimum Gasteiger partial charge on any atom is -0.497 e. The van der Waals surface area contributed by atoms with Gasteiger partial charge in [0.25, 0.3) is 0 Å². The average molecular weight is 301 g/mol. The maximum Gasteiger partial charge on any atom is 0.130 e. The Morgan fingerprint density at radius 1 is 1.00 bits per heavy atom.